The van der Waals surface area contributed by atoms with Gasteiger partial charge in [-0.2, -0.15) is 0 Å². The summed E-state index contributed by atoms with van der Waals surface area (Å²) < 4.78 is 0. The van der Waals surface area contributed by atoms with Crippen molar-refractivity contribution in [3.05, 3.63) is 174 Å². The van der Waals surface area contributed by atoms with Gasteiger partial charge in [0.15, 0.2) is 0 Å². The Balaban J connectivity index is 1.54. The smallest absolute Gasteiger partial charge is 0.0543 e. The Bertz CT molecular complexity index is 2340. The van der Waals surface area contributed by atoms with Crippen molar-refractivity contribution in [3.63, 3.8) is 0 Å². The van der Waals surface area contributed by atoms with E-state index in [1.54, 1.807) is 0 Å². The van der Waals surface area contributed by atoms with E-state index in [0.717, 1.165) is 17.1 Å². The number of fused-ring (bicyclic) bond motifs is 1. The van der Waals surface area contributed by atoms with Gasteiger partial charge in [0.05, 0.1) is 11.4 Å². The van der Waals surface area contributed by atoms with Crippen LogP contribution in [0, 0.1) is 0 Å². The van der Waals surface area contributed by atoms with Crippen LogP contribution in [0.5, 0.6) is 0 Å². The Kier molecular flexibility index (Phi) is 9.41. The van der Waals surface area contributed by atoms with Gasteiger partial charge in [-0.3, -0.25) is 0 Å². The maximum absolute atomic E-state index is 2.48. The van der Waals surface area contributed by atoms with Crippen molar-refractivity contribution in [1.82, 2.24) is 0 Å². The summed E-state index contributed by atoms with van der Waals surface area (Å²) in [5, 5.41) is 2.51. The van der Waals surface area contributed by atoms with Gasteiger partial charge in [0.2, 0.25) is 0 Å². The van der Waals surface area contributed by atoms with Crippen LogP contribution in [0.15, 0.2) is 158 Å². The molecule has 0 bridgehead atoms. The van der Waals surface area contributed by atoms with Crippen molar-refractivity contribution in [3.8, 4) is 33.4 Å². The van der Waals surface area contributed by atoms with Gasteiger partial charge in [0, 0.05) is 16.8 Å². The summed E-state index contributed by atoms with van der Waals surface area (Å²) in [4.78, 5) is 2.48. The number of hydrogen-bond acceptors (Lipinski definition) is 1. The maximum atomic E-state index is 2.48. The quantitative estimate of drug-likeness (QED) is 0.168. The van der Waals surface area contributed by atoms with Crippen LogP contribution in [0.25, 0.3) is 44.2 Å². The third-order valence-corrected chi connectivity index (χ3v) is 10.5. The van der Waals surface area contributed by atoms with Crippen LogP contribution in [0.1, 0.15) is 79.0 Å². The fourth-order valence-electron chi connectivity index (χ4n) is 7.38. The van der Waals surface area contributed by atoms with Crippen LogP contribution in [-0.2, 0) is 16.2 Å². The predicted octanol–water partition coefficient (Wildman–Crippen LogP) is 15.2. The topological polar surface area (TPSA) is 3.24 Å². The molecule has 0 aliphatic rings. The van der Waals surface area contributed by atoms with Gasteiger partial charge in [0.25, 0.3) is 0 Å². The molecule has 0 saturated heterocycles. The lowest BCUT2D eigenvalue weighted by Crippen LogP contribution is -2.16. The zero-order chi connectivity index (χ0) is 37.5. The summed E-state index contributed by atoms with van der Waals surface area (Å²) in [6.07, 6.45) is 0. The van der Waals surface area contributed by atoms with E-state index in [9.17, 15) is 0 Å². The average Bonchev–Trinajstić information content (AvgIpc) is 3.14. The van der Waals surface area contributed by atoms with Gasteiger partial charge in [-0.15, -0.1) is 0 Å². The van der Waals surface area contributed by atoms with Gasteiger partial charge in [-0.1, -0.05) is 196 Å². The second kappa shape index (κ2) is 13.9. The van der Waals surface area contributed by atoms with Gasteiger partial charge >= 0.3 is 0 Å². The molecular formula is C52H53N. The Labute approximate surface area is 318 Å². The van der Waals surface area contributed by atoms with E-state index in [4.69, 9.17) is 0 Å². The fourth-order valence-corrected chi connectivity index (χ4v) is 7.38. The van der Waals surface area contributed by atoms with Crippen molar-refractivity contribution in [2.75, 3.05) is 4.90 Å². The molecule has 0 saturated carbocycles. The number of anilines is 3. The lowest BCUT2D eigenvalue weighted by molar-refractivity contribution is 0.569. The SMILES string of the molecule is CC(C)(C)c1cc(-c2cccc3cccc(-c4ccccc4N(c4ccccc4)c4cc(C(C)(C)C)ccc4-c4ccccc4)c23)cc(C(C)(C)C)c1. The van der Waals surface area contributed by atoms with E-state index >= 15 is 0 Å². The Hall–Kier alpha value is -5.40. The lowest BCUT2D eigenvalue weighted by Gasteiger charge is -2.32. The molecule has 0 N–H and O–H groups in total. The highest BCUT2D eigenvalue weighted by Gasteiger charge is 2.26. The monoisotopic (exact) mass is 691 g/mol. The number of rotatable bonds is 6. The first-order chi connectivity index (χ1) is 25.2. The molecule has 0 unspecified atom stereocenters. The molecule has 0 spiro atoms. The number of hydrogen-bond donors (Lipinski definition) is 0. The normalized spacial score (nSPS) is 12.2. The van der Waals surface area contributed by atoms with Crippen LogP contribution in [0.4, 0.5) is 17.1 Å². The highest BCUT2D eigenvalue weighted by Crippen LogP contribution is 2.48. The highest BCUT2D eigenvalue weighted by atomic mass is 15.1. The summed E-state index contributed by atoms with van der Waals surface area (Å²) in [7, 11) is 0. The van der Waals surface area contributed by atoms with Crippen LogP contribution < -0.4 is 4.90 Å². The zero-order valence-electron chi connectivity index (χ0n) is 33.0. The molecule has 7 aromatic carbocycles. The lowest BCUT2D eigenvalue weighted by atomic mass is 9.78. The Morgan fingerprint density at radius 1 is 0.340 bits per heavy atom. The number of benzene rings is 7. The van der Waals surface area contributed by atoms with E-state index in [1.165, 1.54) is 60.8 Å². The van der Waals surface area contributed by atoms with Crippen LogP contribution >= 0.6 is 0 Å². The molecular weight excluding hydrogens is 639 g/mol. The van der Waals surface area contributed by atoms with Crippen LogP contribution in [0.3, 0.4) is 0 Å². The summed E-state index contributed by atoms with van der Waals surface area (Å²) in [6, 6.07) is 58.5. The maximum Gasteiger partial charge on any atom is 0.0543 e. The first kappa shape index (κ1) is 36.0. The molecule has 0 heterocycles. The average molecular weight is 692 g/mol. The molecule has 0 radical (unpaired) electrons. The third-order valence-electron chi connectivity index (χ3n) is 10.5. The zero-order valence-corrected chi connectivity index (χ0v) is 33.0. The number of nitrogens with zero attached hydrogens (tertiary/aromatic N) is 1. The highest BCUT2D eigenvalue weighted by molar-refractivity contribution is 6.09. The van der Waals surface area contributed by atoms with E-state index in [2.05, 4.69) is 225 Å². The van der Waals surface area contributed by atoms with E-state index < -0.39 is 0 Å². The van der Waals surface area contributed by atoms with Gasteiger partial charge in [0.1, 0.15) is 0 Å². The minimum Gasteiger partial charge on any atom is -0.309 e. The first-order valence-electron chi connectivity index (χ1n) is 19.0. The molecule has 7 rings (SSSR count). The van der Waals surface area contributed by atoms with Crippen molar-refractivity contribution in [2.45, 2.75) is 78.6 Å². The standard InChI is InChI=1S/C52H53N/c1-50(2,3)39-30-31-43(36-20-12-10-13-21-36)48(35-39)53(42-24-14-11-15-25-42)47-29-17-16-26-45(47)46-28-19-23-37-22-18-27-44(49(37)46)38-32-40(51(4,5)6)34-41(33-38)52(7,8)9/h10-35H,1-9H3. The molecule has 7 aromatic rings. The second-order valence-corrected chi connectivity index (χ2v) is 17.5. The van der Waals surface area contributed by atoms with E-state index in [-0.39, 0.29) is 16.2 Å². The Morgan fingerprint density at radius 3 is 1.47 bits per heavy atom. The van der Waals surface area contributed by atoms with E-state index in [0.29, 0.717) is 0 Å². The van der Waals surface area contributed by atoms with Crippen molar-refractivity contribution in [1.29, 1.82) is 0 Å². The summed E-state index contributed by atoms with van der Waals surface area (Å²) >= 11 is 0. The van der Waals surface area contributed by atoms with Crippen molar-refractivity contribution in [2.24, 2.45) is 0 Å². The molecule has 0 atom stereocenters. The molecule has 0 amide bonds. The molecule has 0 aliphatic carbocycles. The van der Waals surface area contributed by atoms with Gasteiger partial charge in [-0.05, 0) is 90.2 Å². The second-order valence-electron chi connectivity index (χ2n) is 17.5. The largest absolute Gasteiger partial charge is 0.309 e. The molecule has 266 valence electrons. The minimum absolute atomic E-state index is 0.0181. The van der Waals surface area contributed by atoms with Gasteiger partial charge < -0.3 is 4.90 Å². The molecule has 0 aromatic heterocycles. The minimum atomic E-state index is -0.0239. The molecule has 0 aliphatic heterocycles. The van der Waals surface area contributed by atoms with Crippen LogP contribution in [0.2, 0.25) is 0 Å². The first-order valence-corrected chi connectivity index (χ1v) is 19.0. The summed E-state index contributed by atoms with van der Waals surface area (Å²) in [5.41, 5.74) is 14.8. The molecule has 0 fully saturated rings. The fraction of sp³-hybridized carbons (Fsp3) is 0.231. The van der Waals surface area contributed by atoms with Crippen LogP contribution in [-0.4, -0.2) is 0 Å². The number of para-hydroxylation sites is 2. The van der Waals surface area contributed by atoms with Crippen molar-refractivity contribution >= 4 is 27.8 Å². The predicted molar refractivity (Wildman–Crippen MR) is 231 cm³/mol. The third kappa shape index (κ3) is 7.31. The molecule has 53 heavy (non-hydrogen) atoms. The Morgan fingerprint density at radius 2 is 0.868 bits per heavy atom. The van der Waals surface area contributed by atoms with Crippen molar-refractivity contribution < 1.29 is 0 Å². The molecule has 1 heteroatoms. The van der Waals surface area contributed by atoms with Gasteiger partial charge in [-0.25, -0.2) is 0 Å². The van der Waals surface area contributed by atoms with E-state index in [1.807, 2.05) is 0 Å². The summed E-state index contributed by atoms with van der Waals surface area (Å²) in [6.45, 7) is 20.8. The molecule has 1 nitrogen and oxygen atoms in total. The summed E-state index contributed by atoms with van der Waals surface area (Å²) in [5.74, 6) is 0.